The van der Waals surface area contributed by atoms with Crippen LogP contribution in [0.4, 0.5) is 9.59 Å². The van der Waals surface area contributed by atoms with Crippen molar-refractivity contribution in [1.29, 1.82) is 0 Å². The molecule has 2 heterocycles. The molecule has 0 saturated heterocycles. The number of ether oxygens (including phenoxy) is 1. The Labute approximate surface area is 605 Å². The van der Waals surface area contributed by atoms with Crippen LogP contribution in [-0.4, -0.2) is 152 Å². The van der Waals surface area contributed by atoms with E-state index in [0.717, 1.165) is 137 Å². The van der Waals surface area contributed by atoms with E-state index in [0.29, 0.717) is 38.8 Å². The second-order valence-electron chi connectivity index (χ2n) is 26.3. The Kier molecular flexibility index (Phi) is 57.5. The number of amides is 6. The van der Waals surface area contributed by atoms with Gasteiger partial charge in [-0.25, -0.2) is 4.79 Å². The van der Waals surface area contributed by atoms with Gasteiger partial charge in [0.15, 0.2) is 18.9 Å². The summed E-state index contributed by atoms with van der Waals surface area (Å²) in [4.78, 5) is 75.2. The summed E-state index contributed by atoms with van der Waals surface area (Å²) in [6.45, 7) is 23.4. The second-order valence-corrected chi connectivity index (χ2v) is 29.3. The Morgan fingerprint density at radius 2 is 0.948 bits per heavy atom. The minimum absolute atomic E-state index is 0. The van der Waals surface area contributed by atoms with E-state index in [-0.39, 0.29) is 127 Å². The molecule has 0 radical (unpaired) electrons. The third-order valence-corrected chi connectivity index (χ3v) is 17.4. The summed E-state index contributed by atoms with van der Waals surface area (Å²) in [5, 5.41) is 85.1. The van der Waals surface area contributed by atoms with E-state index in [9.17, 15) is 39.0 Å². The summed E-state index contributed by atoms with van der Waals surface area (Å²) in [5.41, 5.74) is 21.8. The van der Waals surface area contributed by atoms with E-state index in [4.69, 9.17) is 94.5 Å². The van der Waals surface area contributed by atoms with Gasteiger partial charge in [-0.3, -0.25) is 29.0 Å². The molecule has 2 aliphatic carbocycles. The van der Waals surface area contributed by atoms with Crippen LogP contribution in [0.1, 0.15) is 241 Å². The first-order valence-corrected chi connectivity index (χ1v) is 39.0. The van der Waals surface area contributed by atoms with Crippen molar-refractivity contribution in [2.24, 2.45) is 64.4 Å². The zero-order valence-electron chi connectivity index (χ0n) is 60.1. The van der Waals surface area contributed by atoms with Gasteiger partial charge in [-0.15, -0.1) is 13.1 Å². The number of nitrogens with zero attached hydrogens (tertiary/aromatic N) is 5. The summed E-state index contributed by atoms with van der Waals surface area (Å²) >= 11 is 1.08. The number of primary amides is 2. The normalized spacial score (nSPS) is 19.3. The number of nitrogens with two attached hydrogens (primary N) is 4. The number of nitrogens with one attached hydrogen (secondary N) is 4. The molecule has 97 heavy (non-hydrogen) atoms. The predicted molar refractivity (Wildman–Crippen MR) is 392 cm³/mol. The molecule has 2 saturated carbocycles. The first kappa shape index (κ1) is 95.8. The summed E-state index contributed by atoms with van der Waals surface area (Å²) in [7, 11) is 9.59. The number of alkyl carbamates (subject to hydrolysis) is 1. The maximum absolute atomic E-state index is 12.9. The number of aliphatic hydroxyl groups excluding tert-OH is 3. The van der Waals surface area contributed by atoms with Crippen molar-refractivity contribution in [3.8, 4) is 0 Å². The van der Waals surface area contributed by atoms with Crippen LogP contribution in [0.3, 0.4) is 0 Å². The van der Waals surface area contributed by atoms with E-state index in [1.165, 1.54) is 25.7 Å². The predicted octanol–water partition coefficient (Wildman–Crippen LogP) is 11.1. The van der Waals surface area contributed by atoms with Crippen LogP contribution in [0, 0.1) is 41.4 Å². The molecule has 0 aromatic carbocycles. The van der Waals surface area contributed by atoms with Gasteiger partial charge < -0.3 is 101 Å². The van der Waals surface area contributed by atoms with Crippen molar-refractivity contribution in [1.82, 2.24) is 26.3 Å². The quantitative estimate of drug-likeness (QED) is 0.0193. The molecule has 18 N–H and O–H groups in total. The fourth-order valence-corrected chi connectivity index (χ4v) is 11.4. The third-order valence-electron chi connectivity index (χ3n) is 16.6. The molecule has 30 heteroatoms. The molecule has 6 amide bonds. The van der Waals surface area contributed by atoms with Crippen molar-refractivity contribution < 1.29 is 83.0 Å². The molecule has 0 spiro atoms. The molecular weight excluding hydrogens is 1350 g/mol. The van der Waals surface area contributed by atoms with E-state index in [1.54, 1.807) is 41.5 Å². The minimum Gasteiger partial charge on any atom is 0 e. The van der Waals surface area contributed by atoms with Crippen LogP contribution in [-0.2, 0) is 50.1 Å². The Morgan fingerprint density at radius 3 is 1.30 bits per heavy atom. The topological polar surface area (TPSA) is 455 Å². The summed E-state index contributed by atoms with van der Waals surface area (Å²) in [6.07, 6.45) is 16.6. The number of hydrogen-bond acceptors (Lipinski definition) is 17. The molecular formula is C67H135Cl2MnN13O13S-4. The summed E-state index contributed by atoms with van der Waals surface area (Å²) < 4.78 is 4.85. The molecule has 1 aromatic heterocycles. The standard InChI is InChI=1S/C33H53N7O4S.C11H24N2O3.C10H21NO3.C7H15NO.C6H14N2O2.2ClH.Mn.4H2/c1-3-4-9-23(16-22(2)32(42)43)31(41)38-21-39-33(44)45-26-17-24-19-36-29-12-7-5-10-27(29)34-14-15-35-28-11-6-8-13-30(28)37-20-25(18-26)40-24;1-3-4-5-9(10(14)13-7-12)6-8(2)11(15)16;1-3-4-5-8(9(11)12)6-7(2)10(13)14;1-3-4-5-6(2)7(8)9;1-6(2,3)10-5(9)8-4-7;;;;;;;/h17-18,22-23,27-30,32,42-43H,3-16,19-21H2,1-2H3,(H,38,41)(H,39,44);8-9,11,15-16H,3-7,12H2,1-2H3,(H,13,14);7-8,10,13-14H,3-6H2,1-2H3,(H2,11,12);6H,3-5H2,1-2H3,(H2,8,9);4,7H2,1-3H3,(H,8,9);2*1H;;4*1H/q-4;;;;;;;+2;;;;/p-2/t22?,23?,27-,28+,29+,30-;;;;;;;;;;;. The van der Waals surface area contributed by atoms with Crippen LogP contribution >= 0.6 is 32.0 Å². The van der Waals surface area contributed by atoms with Gasteiger partial charge in [-0.05, 0) is 89.6 Å². The van der Waals surface area contributed by atoms with Crippen molar-refractivity contribution in [2.75, 3.05) is 33.1 Å². The number of carbonyl (C=O) groups excluding carboxylic acids is 6. The zero-order valence-corrected chi connectivity index (χ0v) is 63.6. The molecule has 1 aliphatic heterocycles. The number of rotatable bonds is 30. The first-order chi connectivity index (χ1) is 45.9. The maximum Gasteiger partial charge on any atom is 0 e. The van der Waals surface area contributed by atoms with E-state index in [2.05, 4.69) is 42.0 Å². The van der Waals surface area contributed by atoms with Crippen molar-refractivity contribution in [2.45, 2.75) is 290 Å². The summed E-state index contributed by atoms with van der Waals surface area (Å²) in [6, 6.07) is 4.72. The molecule has 1 aromatic rings. The molecule has 2 bridgehead atoms. The van der Waals surface area contributed by atoms with Gasteiger partial charge in [0, 0.05) is 63.4 Å². The Bertz CT molecular complexity index is 2220. The van der Waals surface area contributed by atoms with Crippen LogP contribution in [0.25, 0.3) is 21.3 Å². The molecule has 11 atom stereocenters. The van der Waals surface area contributed by atoms with Gasteiger partial charge in [0.05, 0.1) is 20.0 Å². The average Bonchev–Trinajstić information content (AvgIpc) is 1.83. The molecule has 577 valence electrons. The number of unbranched alkanes of at least 4 members (excludes halogenated alkanes) is 4. The molecule has 3 aliphatic rings. The molecule has 2 fully saturated rings. The molecule has 26 nitrogen and oxygen atoms in total. The molecule has 4 rings (SSSR count). The van der Waals surface area contributed by atoms with Gasteiger partial charge in [0.25, 0.3) is 5.24 Å². The number of hydrogen-bond donors (Lipinski definition) is 14. The van der Waals surface area contributed by atoms with E-state index >= 15 is 0 Å². The van der Waals surface area contributed by atoms with Crippen LogP contribution < -0.4 is 44.2 Å². The average molecular weight is 1490 g/mol. The second kappa shape index (κ2) is 58.3. The zero-order chi connectivity index (χ0) is 73.9. The van der Waals surface area contributed by atoms with Crippen molar-refractivity contribution >= 4 is 66.9 Å². The minimum atomic E-state index is -1.46. The van der Waals surface area contributed by atoms with Crippen molar-refractivity contribution in [3.05, 3.63) is 44.8 Å². The number of aliphatic hydroxyl groups is 6. The molecule has 7 unspecified atom stereocenters. The van der Waals surface area contributed by atoms with Crippen molar-refractivity contribution in [3.63, 3.8) is 0 Å². The maximum atomic E-state index is 12.9. The Balaban J connectivity index is -0.000000330. The monoisotopic (exact) mass is 1490 g/mol. The number of thioether (sulfide) groups is 1. The first-order valence-electron chi connectivity index (χ1n) is 35.0. The van der Waals surface area contributed by atoms with Gasteiger partial charge in [-0.1, -0.05) is 158 Å². The van der Waals surface area contributed by atoms with E-state index < -0.39 is 36.5 Å². The number of pyridine rings is 1. The number of fused-ring (bicyclic) bond motifs is 4. The van der Waals surface area contributed by atoms with Gasteiger partial charge in [0.2, 0.25) is 23.6 Å². The van der Waals surface area contributed by atoms with E-state index in [1.807, 2.05) is 26.0 Å². The Hall–Kier alpha value is -3.26. The number of aromatic nitrogens is 1. The van der Waals surface area contributed by atoms with Gasteiger partial charge in [0.1, 0.15) is 5.60 Å². The SMILES string of the molecule is CC(C)(C)OC(=O)NCN.CCCCC(C)C(N)=O.CCCCC(CC(C)C(O)O)C(=O)NCN.CCCCC(CC(C)C(O)O)C(=O)NCNC(=O)Sc1cc2nc(c1)C[N-][C@@H]1CCCC[C@@H]1[N-]CC[N-][C@@H]1CCCC[C@@H]1[N-]C2.CCCCC(CC(C)C(O)O)C(N)=O.[Cl][Mn][Cl].[HH].[HH].[HH].[HH]. The van der Waals surface area contributed by atoms with Gasteiger partial charge >= 0.3 is 39.4 Å². The largest absolute Gasteiger partial charge is 0 e. The smallest absolute Gasteiger partial charge is 0 e. The Morgan fingerprint density at radius 1 is 0.588 bits per heavy atom. The van der Waals surface area contributed by atoms with Crippen LogP contribution in [0.5, 0.6) is 0 Å². The number of halogens is 2. The fourth-order valence-electron chi connectivity index (χ4n) is 10.7. The van der Waals surface area contributed by atoms with Crippen LogP contribution in [0.2, 0.25) is 0 Å². The van der Waals surface area contributed by atoms with Gasteiger partial charge in [-0.2, -0.15) is 37.3 Å². The third kappa shape index (κ3) is 49.1. The van der Waals surface area contributed by atoms with Crippen LogP contribution in [0.15, 0.2) is 17.0 Å². The fraction of sp³-hybridized carbons (Fsp3) is 0.836. The number of carbonyl (C=O) groups is 6. The summed E-state index contributed by atoms with van der Waals surface area (Å²) in [5.74, 6) is -2.52.